The van der Waals surface area contributed by atoms with Crippen molar-refractivity contribution in [1.82, 2.24) is 4.90 Å². The molecule has 1 aliphatic carbocycles. The van der Waals surface area contributed by atoms with Crippen LogP contribution in [0.3, 0.4) is 0 Å². The van der Waals surface area contributed by atoms with Gasteiger partial charge < -0.3 is 4.90 Å². The van der Waals surface area contributed by atoms with Crippen molar-refractivity contribution in [3.63, 3.8) is 0 Å². The lowest BCUT2D eigenvalue weighted by Gasteiger charge is -2.39. The van der Waals surface area contributed by atoms with Gasteiger partial charge in [-0.3, -0.25) is 0 Å². The molecule has 3 rings (SSSR count). The largest absolute Gasteiger partial charge is 0.300 e. The summed E-state index contributed by atoms with van der Waals surface area (Å²) in [4.78, 5) is 2.66. The molecule has 0 amide bonds. The maximum Gasteiger partial charge on any atom is 0.0991 e. The average Bonchev–Trinajstić information content (AvgIpc) is 2.91. The number of likely N-dealkylation sites (tertiary alicyclic amines) is 1. The minimum Gasteiger partial charge on any atom is -0.300 e. The predicted molar refractivity (Wildman–Crippen MR) is 114 cm³/mol. The van der Waals surface area contributed by atoms with E-state index >= 15 is 0 Å². The summed E-state index contributed by atoms with van der Waals surface area (Å²) in [6, 6.07) is 10.9. The summed E-state index contributed by atoms with van der Waals surface area (Å²) >= 11 is 0. The third-order valence-corrected chi connectivity index (χ3v) is 6.41. The molecule has 0 aromatic heterocycles. The van der Waals surface area contributed by atoms with E-state index in [1.165, 1.54) is 43.5 Å². The molecule has 2 unspecified atom stereocenters. The highest BCUT2D eigenvalue weighted by atomic mass is 15.2. The van der Waals surface area contributed by atoms with Crippen molar-refractivity contribution in [2.75, 3.05) is 13.1 Å². The molecule has 2 nitrogen and oxygen atoms in total. The Labute approximate surface area is 164 Å². The summed E-state index contributed by atoms with van der Waals surface area (Å²) in [5, 5.41) is 8.98. The maximum atomic E-state index is 8.98. The van der Waals surface area contributed by atoms with Crippen LogP contribution >= 0.6 is 0 Å². The Morgan fingerprint density at radius 2 is 1.81 bits per heavy atom. The van der Waals surface area contributed by atoms with Gasteiger partial charge in [-0.15, -0.1) is 0 Å². The molecule has 0 radical (unpaired) electrons. The van der Waals surface area contributed by atoms with E-state index in [4.69, 9.17) is 5.26 Å². The SMILES string of the molecule is CC1=CC=C(CC2CCN(C(C)C(C)c3ccc(C#N)cc3)CC2)CC=C1. The van der Waals surface area contributed by atoms with E-state index in [-0.39, 0.29) is 0 Å². The number of nitrogens with zero attached hydrogens (tertiary/aromatic N) is 2. The number of hydrogen-bond donors (Lipinski definition) is 0. The van der Waals surface area contributed by atoms with Gasteiger partial charge >= 0.3 is 0 Å². The zero-order chi connectivity index (χ0) is 19.2. The van der Waals surface area contributed by atoms with Crippen molar-refractivity contribution in [1.29, 1.82) is 5.26 Å². The molecule has 27 heavy (non-hydrogen) atoms. The predicted octanol–water partition coefficient (Wildman–Crippen LogP) is 5.98. The van der Waals surface area contributed by atoms with Crippen LogP contribution in [0.15, 0.2) is 59.7 Å². The lowest BCUT2D eigenvalue weighted by Crippen LogP contribution is -2.42. The quantitative estimate of drug-likeness (QED) is 0.645. The average molecular weight is 361 g/mol. The van der Waals surface area contributed by atoms with E-state index in [0.29, 0.717) is 12.0 Å². The molecule has 0 spiro atoms. The van der Waals surface area contributed by atoms with Gasteiger partial charge in [0.1, 0.15) is 0 Å². The van der Waals surface area contributed by atoms with Crippen LogP contribution in [-0.2, 0) is 0 Å². The molecular weight excluding hydrogens is 328 g/mol. The fourth-order valence-corrected chi connectivity index (χ4v) is 4.31. The third-order valence-electron chi connectivity index (χ3n) is 6.41. The molecule has 1 aromatic carbocycles. The fourth-order valence-electron chi connectivity index (χ4n) is 4.31. The molecule has 1 aromatic rings. The van der Waals surface area contributed by atoms with Gasteiger partial charge in [0.15, 0.2) is 0 Å². The van der Waals surface area contributed by atoms with Gasteiger partial charge in [-0.25, -0.2) is 0 Å². The Balaban J connectivity index is 1.52. The van der Waals surface area contributed by atoms with Crippen LogP contribution < -0.4 is 0 Å². The Morgan fingerprint density at radius 3 is 2.48 bits per heavy atom. The number of hydrogen-bond acceptors (Lipinski definition) is 2. The number of nitriles is 1. The number of rotatable bonds is 5. The summed E-state index contributed by atoms with van der Waals surface area (Å²) in [6.07, 6.45) is 14.1. The lowest BCUT2D eigenvalue weighted by atomic mass is 9.86. The molecular formula is C25H32N2. The smallest absolute Gasteiger partial charge is 0.0991 e. The third kappa shape index (κ3) is 5.21. The van der Waals surface area contributed by atoms with Gasteiger partial charge in [-0.1, -0.05) is 54.5 Å². The van der Waals surface area contributed by atoms with Gasteiger partial charge in [0.05, 0.1) is 11.6 Å². The molecule has 1 aliphatic heterocycles. The van der Waals surface area contributed by atoms with E-state index in [9.17, 15) is 0 Å². The molecule has 0 N–H and O–H groups in total. The van der Waals surface area contributed by atoms with Gasteiger partial charge in [-0.2, -0.15) is 5.26 Å². The van der Waals surface area contributed by atoms with Crippen molar-refractivity contribution < 1.29 is 0 Å². The van der Waals surface area contributed by atoms with E-state index in [0.717, 1.165) is 17.9 Å². The van der Waals surface area contributed by atoms with Crippen molar-refractivity contribution in [2.45, 2.75) is 58.4 Å². The summed E-state index contributed by atoms with van der Waals surface area (Å²) in [5.74, 6) is 1.31. The first-order valence-electron chi connectivity index (χ1n) is 10.3. The Hall–Kier alpha value is -2.11. The zero-order valence-corrected chi connectivity index (χ0v) is 17.0. The maximum absolute atomic E-state index is 8.98. The van der Waals surface area contributed by atoms with Crippen molar-refractivity contribution in [2.24, 2.45) is 5.92 Å². The molecule has 1 saturated heterocycles. The topological polar surface area (TPSA) is 27.0 Å². The Kier molecular flexibility index (Phi) is 6.69. The Morgan fingerprint density at radius 1 is 1.11 bits per heavy atom. The second-order valence-corrected chi connectivity index (χ2v) is 8.29. The summed E-state index contributed by atoms with van der Waals surface area (Å²) in [5.41, 5.74) is 5.01. The molecule has 142 valence electrons. The molecule has 2 aliphatic rings. The number of benzene rings is 1. The minimum atomic E-state index is 0.483. The van der Waals surface area contributed by atoms with E-state index < -0.39 is 0 Å². The summed E-state index contributed by atoms with van der Waals surface area (Å²) < 4.78 is 0. The lowest BCUT2D eigenvalue weighted by molar-refractivity contribution is 0.127. The van der Waals surface area contributed by atoms with Gasteiger partial charge in [0.2, 0.25) is 0 Å². The van der Waals surface area contributed by atoms with Crippen LogP contribution in [0.2, 0.25) is 0 Å². The molecule has 2 atom stereocenters. The molecule has 1 heterocycles. The molecule has 0 bridgehead atoms. The van der Waals surface area contributed by atoms with Gasteiger partial charge in [0.25, 0.3) is 0 Å². The van der Waals surface area contributed by atoms with Crippen LogP contribution in [0, 0.1) is 17.2 Å². The van der Waals surface area contributed by atoms with Crippen LogP contribution in [0.1, 0.15) is 63.5 Å². The Bertz CT molecular complexity index is 753. The van der Waals surface area contributed by atoms with Crippen molar-refractivity contribution in [3.8, 4) is 6.07 Å². The second-order valence-electron chi connectivity index (χ2n) is 8.29. The highest BCUT2D eigenvalue weighted by Gasteiger charge is 2.26. The monoisotopic (exact) mass is 360 g/mol. The van der Waals surface area contributed by atoms with Crippen LogP contribution in [0.5, 0.6) is 0 Å². The van der Waals surface area contributed by atoms with Gasteiger partial charge in [-0.05, 0) is 82.2 Å². The molecule has 0 saturated carbocycles. The highest BCUT2D eigenvalue weighted by molar-refractivity contribution is 5.33. The molecule has 2 heteroatoms. The highest BCUT2D eigenvalue weighted by Crippen LogP contribution is 2.31. The van der Waals surface area contributed by atoms with E-state index in [2.05, 4.69) is 68.2 Å². The van der Waals surface area contributed by atoms with Crippen molar-refractivity contribution >= 4 is 0 Å². The van der Waals surface area contributed by atoms with Crippen LogP contribution in [-0.4, -0.2) is 24.0 Å². The normalized spacial score (nSPS) is 21.0. The fraction of sp³-hybridized carbons (Fsp3) is 0.480. The first-order valence-corrected chi connectivity index (χ1v) is 10.3. The van der Waals surface area contributed by atoms with Gasteiger partial charge in [0, 0.05) is 6.04 Å². The van der Waals surface area contributed by atoms with E-state index in [1.54, 1.807) is 5.57 Å². The molecule has 1 fully saturated rings. The van der Waals surface area contributed by atoms with Crippen LogP contribution in [0.4, 0.5) is 0 Å². The van der Waals surface area contributed by atoms with Crippen LogP contribution in [0.25, 0.3) is 0 Å². The number of piperidine rings is 1. The first-order chi connectivity index (χ1) is 13.1. The first kappa shape index (κ1) is 19.6. The van der Waals surface area contributed by atoms with Crippen molar-refractivity contribution in [3.05, 3.63) is 70.8 Å². The standard InChI is InChI=1S/C25H32N2/c1-19-5-4-6-22(8-7-19)17-23-13-15-27(16-14-23)21(3)20(2)25-11-9-24(18-26)10-12-25/h4-5,7-12,20-21,23H,6,13-17H2,1-3H3. The number of allylic oxidation sites excluding steroid dienone is 6. The summed E-state index contributed by atoms with van der Waals surface area (Å²) in [6.45, 7) is 9.24. The second kappa shape index (κ2) is 9.20. The zero-order valence-electron chi connectivity index (χ0n) is 17.0. The minimum absolute atomic E-state index is 0.483. The summed E-state index contributed by atoms with van der Waals surface area (Å²) in [7, 11) is 0. The van der Waals surface area contributed by atoms with E-state index in [1.807, 2.05) is 12.1 Å².